The molecule has 3 heteroatoms. The Balaban J connectivity index is 1.71. The second-order valence-electron chi connectivity index (χ2n) is 4.80. The van der Waals surface area contributed by atoms with Gasteiger partial charge in [0, 0.05) is 18.7 Å². The Morgan fingerprint density at radius 3 is 2.68 bits per heavy atom. The zero-order chi connectivity index (χ0) is 13.2. The Kier molecular flexibility index (Phi) is 2.95. The summed E-state index contributed by atoms with van der Waals surface area (Å²) in [5, 5.41) is 9.44. The van der Waals surface area contributed by atoms with Gasteiger partial charge in [0.25, 0.3) is 5.91 Å². The molecular weight excluding hydrogens is 238 g/mol. The van der Waals surface area contributed by atoms with Crippen LogP contribution in [0.4, 0.5) is 0 Å². The summed E-state index contributed by atoms with van der Waals surface area (Å²) in [7, 11) is 0. The molecule has 0 radical (unpaired) electrons. The molecule has 0 fully saturated rings. The summed E-state index contributed by atoms with van der Waals surface area (Å²) >= 11 is 0. The summed E-state index contributed by atoms with van der Waals surface area (Å²) < 4.78 is 0. The number of rotatable bonds is 3. The summed E-state index contributed by atoms with van der Waals surface area (Å²) in [5.41, 5.74) is 2.86. The fraction of sp³-hybridized carbons (Fsp3) is 0.188. The minimum Gasteiger partial charge on any atom is -0.508 e. The molecule has 0 saturated carbocycles. The average molecular weight is 253 g/mol. The lowest BCUT2D eigenvalue weighted by molar-refractivity contribution is 0.0780. The van der Waals surface area contributed by atoms with Gasteiger partial charge in [-0.15, -0.1) is 0 Å². The minimum absolute atomic E-state index is 0.0156. The fourth-order valence-electron chi connectivity index (χ4n) is 2.44. The molecule has 96 valence electrons. The van der Waals surface area contributed by atoms with Crippen molar-refractivity contribution in [2.45, 2.75) is 13.0 Å². The van der Waals surface area contributed by atoms with E-state index in [1.54, 1.807) is 12.1 Å². The summed E-state index contributed by atoms with van der Waals surface area (Å²) in [5.74, 6) is 0.166. The fourth-order valence-corrected chi connectivity index (χ4v) is 2.44. The molecule has 0 bridgehead atoms. The third kappa shape index (κ3) is 2.32. The lowest BCUT2D eigenvalue weighted by atomic mass is 10.1. The highest BCUT2D eigenvalue weighted by Gasteiger charge is 2.26. The van der Waals surface area contributed by atoms with Crippen LogP contribution in [0.2, 0.25) is 0 Å². The van der Waals surface area contributed by atoms with Gasteiger partial charge in [-0.3, -0.25) is 4.79 Å². The Morgan fingerprint density at radius 2 is 1.89 bits per heavy atom. The van der Waals surface area contributed by atoms with Crippen LogP contribution in [0, 0.1) is 0 Å². The number of phenolic OH excluding ortho intramolecular Hbond substituents is 1. The van der Waals surface area contributed by atoms with Crippen LogP contribution in [0.3, 0.4) is 0 Å². The lowest BCUT2D eigenvalue weighted by Crippen LogP contribution is -2.26. The van der Waals surface area contributed by atoms with E-state index in [9.17, 15) is 9.90 Å². The van der Waals surface area contributed by atoms with E-state index in [0.717, 1.165) is 12.0 Å². The molecule has 0 saturated heterocycles. The first-order valence-electron chi connectivity index (χ1n) is 6.39. The molecule has 3 nitrogen and oxygen atoms in total. The molecule has 2 aromatic rings. The highest BCUT2D eigenvalue weighted by molar-refractivity contribution is 5.98. The second kappa shape index (κ2) is 4.76. The maximum atomic E-state index is 12.2. The molecule has 0 aliphatic carbocycles. The molecule has 1 amide bonds. The Morgan fingerprint density at radius 1 is 1.11 bits per heavy atom. The van der Waals surface area contributed by atoms with Crippen molar-refractivity contribution in [2.75, 3.05) is 6.54 Å². The van der Waals surface area contributed by atoms with Gasteiger partial charge in [0.1, 0.15) is 5.75 Å². The van der Waals surface area contributed by atoms with Crippen molar-refractivity contribution in [2.24, 2.45) is 0 Å². The predicted molar refractivity (Wildman–Crippen MR) is 73.0 cm³/mol. The van der Waals surface area contributed by atoms with Gasteiger partial charge in [-0.2, -0.15) is 0 Å². The first-order valence-corrected chi connectivity index (χ1v) is 6.39. The highest BCUT2D eigenvalue weighted by atomic mass is 16.3. The molecule has 3 rings (SSSR count). The van der Waals surface area contributed by atoms with E-state index < -0.39 is 0 Å². The zero-order valence-corrected chi connectivity index (χ0v) is 10.5. The molecule has 0 unspecified atom stereocenters. The molecule has 1 aliphatic heterocycles. The van der Waals surface area contributed by atoms with Crippen molar-refractivity contribution in [1.29, 1.82) is 0 Å². The van der Waals surface area contributed by atoms with Crippen LogP contribution in [0.25, 0.3) is 0 Å². The first kappa shape index (κ1) is 11.8. The molecule has 0 atom stereocenters. The second-order valence-corrected chi connectivity index (χ2v) is 4.80. The van der Waals surface area contributed by atoms with E-state index in [4.69, 9.17) is 0 Å². The van der Waals surface area contributed by atoms with Crippen LogP contribution in [0.1, 0.15) is 21.5 Å². The largest absolute Gasteiger partial charge is 0.508 e. The van der Waals surface area contributed by atoms with Gasteiger partial charge < -0.3 is 10.0 Å². The van der Waals surface area contributed by atoms with Crippen LogP contribution in [0.15, 0.2) is 48.5 Å². The molecule has 0 spiro atoms. The normalized spacial score (nSPS) is 13.7. The molecule has 0 aromatic heterocycles. The van der Waals surface area contributed by atoms with Gasteiger partial charge in [-0.1, -0.05) is 36.4 Å². The van der Waals surface area contributed by atoms with E-state index in [0.29, 0.717) is 18.7 Å². The van der Waals surface area contributed by atoms with Gasteiger partial charge >= 0.3 is 0 Å². The van der Waals surface area contributed by atoms with E-state index in [1.807, 2.05) is 29.2 Å². The number of hydrogen-bond acceptors (Lipinski definition) is 2. The third-order valence-corrected chi connectivity index (χ3v) is 3.49. The van der Waals surface area contributed by atoms with Gasteiger partial charge in [-0.05, 0) is 29.7 Å². The zero-order valence-electron chi connectivity index (χ0n) is 10.5. The number of fused-ring (bicyclic) bond motifs is 1. The quantitative estimate of drug-likeness (QED) is 0.913. The van der Waals surface area contributed by atoms with Crippen LogP contribution >= 0.6 is 0 Å². The van der Waals surface area contributed by atoms with E-state index in [1.165, 1.54) is 5.56 Å². The molecule has 19 heavy (non-hydrogen) atoms. The van der Waals surface area contributed by atoms with E-state index in [2.05, 4.69) is 12.1 Å². The summed E-state index contributed by atoms with van der Waals surface area (Å²) in [6, 6.07) is 15.2. The Bertz CT molecular complexity index is 607. The summed E-state index contributed by atoms with van der Waals surface area (Å²) in [6.45, 7) is 1.35. The first-order chi connectivity index (χ1) is 9.24. The van der Waals surface area contributed by atoms with Crippen molar-refractivity contribution in [1.82, 2.24) is 4.90 Å². The lowest BCUT2D eigenvalue weighted by Gasteiger charge is -2.15. The molecule has 2 aromatic carbocycles. The predicted octanol–water partition coefficient (Wildman–Crippen LogP) is 2.59. The monoisotopic (exact) mass is 253 g/mol. The maximum Gasteiger partial charge on any atom is 0.254 e. The number of nitrogens with zero attached hydrogens (tertiary/aromatic N) is 1. The number of carbonyl (C=O) groups is 1. The smallest absolute Gasteiger partial charge is 0.254 e. The molecule has 1 N–H and O–H groups in total. The summed E-state index contributed by atoms with van der Waals surface area (Å²) in [6.07, 6.45) is 0.854. The minimum atomic E-state index is 0.0156. The third-order valence-electron chi connectivity index (χ3n) is 3.49. The molecule has 1 heterocycles. The Labute approximate surface area is 112 Å². The Hall–Kier alpha value is -2.29. The van der Waals surface area contributed by atoms with Gasteiger partial charge in [0.2, 0.25) is 0 Å². The molecule has 1 aliphatic rings. The van der Waals surface area contributed by atoms with Crippen LogP contribution in [-0.2, 0) is 13.0 Å². The van der Waals surface area contributed by atoms with E-state index >= 15 is 0 Å². The number of benzene rings is 2. The van der Waals surface area contributed by atoms with Crippen LogP contribution in [0.5, 0.6) is 5.75 Å². The van der Waals surface area contributed by atoms with Crippen molar-refractivity contribution in [3.05, 3.63) is 65.2 Å². The number of carbonyl (C=O) groups excluding carboxylic acids is 1. The van der Waals surface area contributed by atoms with Gasteiger partial charge in [0.15, 0.2) is 0 Å². The summed E-state index contributed by atoms with van der Waals surface area (Å²) in [4.78, 5) is 14.0. The van der Waals surface area contributed by atoms with E-state index in [-0.39, 0.29) is 11.7 Å². The van der Waals surface area contributed by atoms with Crippen molar-refractivity contribution < 1.29 is 9.90 Å². The van der Waals surface area contributed by atoms with Crippen molar-refractivity contribution in [3.63, 3.8) is 0 Å². The van der Waals surface area contributed by atoms with Gasteiger partial charge in [-0.25, -0.2) is 0 Å². The number of phenols is 1. The number of hydrogen-bond donors (Lipinski definition) is 1. The topological polar surface area (TPSA) is 40.5 Å². The SMILES string of the molecule is O=C1c2cc(O)ccc2CN1CCc1ccccc1. The van der Waals surface area contributed by atoms with Gasteiger partial charge in [0.05, 0.1) is 0 Å². The average Bonchev–Trinajstić information content (AvgIpc) is 2.74. The molecular formula is C16H15NO2. The highest BCUT2D eigenvalue weighted by Crippen LogP contribution is 2.26. The van der Waals surface area contributed by atoms with Crippen LogP contribution in [-0.4, -0.2) is 22.5 Å². The van der Waals surface area contributed by atoms with Crippen molar-refractivity contribution >= 4 is 5.91 Å². The maximum absolute atomic E-state index is 12.2. The van der Waals surface area contributed by atoms with Crippen molar-refractivity contribution in [3.8, 4) is 5.75 Å². The standard InChI is InChI=1S/C16H15NO2/c18-14-7-6-13-11-17(16(19)15(13)10-14)9-8-12-4-2-1-3-5-12/h1-7,10,18H,8-9,11H2. The van der Waals surface area contributed by atoms with Crippen LogP contribution < -0.4 is 0 Å². The number of aromatic hydroxyl groups is 1. The number of amides is 1.